The molecule has 4 aromatic carbocycles. The smallest absolute Gasteiger partial charge is 0.336 e. The minimum Gasteiger partial charge on any atom is -0.481 e. The van der Waals surface area contributed by atoms with E-state index >= 15 is 0 Å². The van der Waals surface area contributed by atoms with Crippen molar-refractivity contribution in [1.82, 2.24) is 9.80 Å². The Balaban J connectivity index is 0.000000535. The van der Waals surface area contributed by atoms with E-state index < -0.39 is 47.2 Å². The summed E-state index contributed by atoms with van der Waals surface area (Å²) in [6.45, 7) is 3.30. The molecule has 304 valence electrons. The number of fused-ring (bicyclic) bond motifs is 1. The van der Waals surface area contributed by atoms with Gasteiger partial charge in [-0.05, 0) is 97.0 Å². The van der Waals surface area contributed by atoms with Crippen molar-refractivity contribution in [1.29, 1.82) is 5.26 Å². The maximum atomic E-state index is 13.8. The highest BCUT2D eigenvalue weighted by Gasteiger charge is 2.40. The van der Waals surface area contributed by atoms with Gasteiger partial charge in [-0.25, -0.2) is 4.79 Å². The lowest BCUT2D eigenvalue weighted by molar-refractivity contribution is -0.170. The number of benzene rings is 4. The molecule has 5 rings (SSSR count). The van der Waals surface area contributed by atoms with Crippen LogP contribution in [0.25, 0.3) is 10.8 Å². The number of carbonyl (C=O) groups is 4. The molecule has 57 heavy (non-hydrogen) atoms. The quantitative estimate of drug-likeness (QED) is 0.118. The summed E-state index contributed by atoms with van der Waals surface area (Å²) in [4.78, 5) is 49.5. The molecule has 0 unspecified atom stereocenters. The van der Waals surface area contributed by atoms with Crippen LogP contribution < -0.4 is 0 Å². The molecular formula is C41H45Cl2N3O10S. The monoisotopic (exact) mass is 841 g/mol. The molecule has 1 heterocycles. The zero-order valence-corrected chi connectivity index (χ0v) is 33.7. The second-order valence-corrected chi connectivity index (χ2v) is 15.9. The highest BCUT2D eigenvalue weighted by atomic mass is 35.5. The third kappa shape index (κ3) is 12.6. The molecule has 1 aliphatic rings. The Labute approximate surface area is 342 Å². The first-order chi connectivity index (χ1) is 26.5. The second-order valence-electron chi connectivity index (χ2n) is 13.8. The third-order valence-electron chi connectivity index (χ3n) is 9.81. The summed E-state index contributed by atoms with van der Waals surface area (Å²) < 4.78 is 12.3. The van der Waals surface area contributed by atoms with Crippen molar-refractivity contribution in [3.63, 3.8) is 0 Å². The Hall–Kier alpha value is -4.88. The molecule has 13 nitrogen and oxygen atoms in total. The van der Waals surface area contributed by atoms with Crippen LogP contribution in [0.4, 0.5) is 0 Å². The number of likely N-dealkylation sites (tertiary alicyclic amines) is 1. The maximum Gasteiger partial charge on any atom is 0.336 e. The Morgan fingerprint density at radius 2 is 1.54 bits per heavy atom. The summed E-state index contributed by atoms with van der Waals surface area (Å²) in [7, 11) is 0.820. The molecule has 0 spiro atoms. The van der Waals surface area contributed by atoms with E-state index in [2.05, 4.69) is 17.0 Å². The van der Waals surface area contributed by atoms with E-state index in [9.17, 15) is 28.6 Å². The fraction of sp³-hybridized carbons (Fsp3) is 0.341. The third-order valence-corrected chi connectivity index (χ3v) is 11.5. The van der Waals surface area contributed by atoms with Gasteiger partial charge in [0.25, 0.3) is 5.91 Å². The molecule has 16 heteroatoms. The van der Waals surface area contributed by atoms with E-state index in [1.807, 2.05) is 73.8 Å². The number of aliphatic carboxylic acids is 3. The van der Waals surface area contributed by atoms with Crippen molar-refractivity contribution < 1.29 is 49.3 Å². The normalized spacial score (nSPS) is 14.2. The summed E-state index contributed by atoms with van der Waals surface area (Å²) in [5.41, 5.74) is 0.509. The number of halogens is 2. The van der Waals surface area contributed by atoms with Crippen LogP contribution in [0.5, 0.6) is 0 Å². The van der Waals surface area contributed by atoms with Crippen molar-refractivity contribution in [2.75, 3.05) is 39.5 Å². The van der Waals surface area contributed by atoms with Gasteiger partial charge >= 0.3 is 17.9 Å². The maximum absolute atomic E-state index is 13.8. The average Bonchev–Trinajstić information content (AvgIpc) is 3.16. The number of amides is 1. The number of rotatable bonds is 14. The van der Waals surface area contributed by atoms with Crippen molar-refractivity contribution in [2.45, 2.75) is 54.4 Å². The SMILES string of the molecule is CN(C[C@@H](CCN1CCC(c2ccccc2[S@](C)=O)CC1)c1ccc(Cl)c(Cl)c1)C(=O)c1cc(C#N)cc2ccccc12.O.O=C(O)CC(O)(CC(=O)O)C(=O)O. The number of nitriles is 1. The number of carboxylic acids is 3. The molecular weight excluding hydrogens is 797 g/mol. The topological polar surface area (TPSA) is 228 Å². The van der Waals surface area contributed by atoms with E-state index in [1.165, 1.54) is 5.56 Å². The van der Waals surface area contributed by atoms with Crippen LogP contribution in [0.1, 0.15) is 71.0 Å². The van der Waals surface area contributed by atoms with Crippen LogP contribution in [0, 0.1) is 11.3 Å². The van der Waals surface area contributed by atoms with E-state index in [0.29, 0.717) is 33.6 Å². The van der Waals surface area contributed by atoms with Crippen molar-refractivity contribution >= 4 is 68.6 Å². The summed E-state index contributed by atoms with van der Waals surface area (Å²) >= 11 is 12.7. The Morgan fingerprint density at radius 3 is 2.12 bits per heavy atom. The zero-order chi connectivity index (χ0) is 41.2. The van der Waals surface area contributed by atoms with Crippen LogP contribution >= 0.6 is 23.2 Å². The van der Waals surface area contributed by atoms with Crippen molar-refractivity contribution in [3.8, 4) is 6.07 Å². The van der Waals surface area contributed by atoms with Crippen LogP contribution in [-0.4, -0.2) is 109 Å². The van der Waals surface area contributed by atoms with E-state index in [1.54, 1.807) is 17.2 Å². The lowest BCUT2D eigenvalue weighted by Crippen LogP contribution is -2.42. The van der Waals surface area contributed by atoms with Gasteiger partial charge in [-0.2, -0.15) is 5.26 Å². The lowest BCUT2D eigenvalue weighted by Gasteiger charge is -2.34. The van der Waals surface area contributed by atoms with E-state index in [4.69, 9.17) is 43.6 Å². The fourth-order valence-corrected chi connectivity index (χ4v) is 8.04. The van der Waals surface area contributed by atoms with E-state index in [-0.39, 0.29) is 17.3 Å². The zero-order valence-electron chi connectivity index (χ0n) is 31.4. The minimum atomic E-state index is -2.74. The molecule has 0 radical (unpaired) electrons. The average molecular weight is 843 g/mol. The summed E-state index contributed by atoms with van der Waals surface area (Å²) in [6, 6.07) is 27.2. The van der Waals surface area contributed by atoms with Gasteiger partial charge in [-0.3, -0.25) is 18.6 Å². The van der Waals surface area contributed by atoms with Gasteiger partial charge in [-0.1, -0.05) is 71.7 Å². The van der Waals surface area contributed by atoms with E-state index in [0.717, 1.165) is 60.1 Å². The first kappa shape index (κ1) is 46.5. The Morgan fingerprint density at radius 1 is 0.930 bits per heavy atom. The highest BCUT2D eigenvalue weighted by Crippen LogP contribution is 2.34. The molecule has 6 N–H and O–H groups in total. The van der Waals surface area contributed by atoms with Gasteiger partial charge in [-0.15, -0.1) is 0 Å². The molecule has 1 amide bonds. The van der Waals surface area contributed by atoms with Gasteiger partial charge in [0.15, 0.2) is 5.60 Å². The molecule has 2 atom stereocenters. The molecule has 0 bridgehead atoms. The number of carbonyl (C=O) groups excluding carboxylic acids is 1. The number of likely N-dealkylation sites (N-methyl/N-ethyl adjacent to an activating group) is 1. The molecule has 4 aromatic rings. The Kier molecular flexibility index (Phi) is 17.2. The van der Waals surface area contributed by atoms with Crippen LogP contribution in [0.3, 0.4) is 0 Å². The van der Waals surface area contributed by atoms with Crippen LogP contribution in [0.2, 0.25) is 10.0 Å². The number of carboxylic acid groups (broad SMARTS) is 3. The standard InChI is InChI=1S/C35H35Cl2N3O2S.C6H8O7.H2O/c1-39(35(41)31-20-24(22-38)19-27-7-3-4-8-29(27)31)23-28(26-11-12-32(36)33(37)21-26)15-18-40-16-13-25(14-17-40)30-9-5-6-10-34(30)43(2)42;7-3(8)1-6(13,5(11)12)2-4(9)10;/h3-12,19-21,25,28H,13-18,23H2,1-2H3;13H,1-2H2,(H,7,8)(H,9,10)(H,11,12);1H2/t28-,43+;;/m1../s1. The summed E-state index contributed by atoms with van der Waals surface area (Å²) in [5.74, 6) is -4.69. The molecule has 1 saturated heterocycles. The van der Waals surface area contributed by atoms with Gasteiger partial charge < -0.3 is 35.7 Å². The van der Waals surface area contributed by atoms with Crippen molar-refractivity contribution in [2.24, 2.45) is 0 Å². The van der Waals surface area contributed by atoms with Gasteiger partial charge in [0.05, 0.1) is 45.3 Å². The predicted octanol–water partition coefficient (Wildman–Crippen LogP) is 5.81. The largest absolute Gasteiger partial charge is 0.481 e. The second kappa shape index (κ2) is 21.0. The predicted molar refractivity (Wildman–Crippen MR) is 217 cm³/mol. The molecule has 1 fully saturated rings. The number of piperidine rings is 1. The first-order valence-electron chi connectivity index (χ1n) is 17.7. The summed E-state index contributed by atoms with van der Waals surface area (Å²) in [6.07, 6.45) is 2.35. The first-order valence-corrected chi connectivity index (χ1v) is 20.0. The number of aliphatic hydroxyl groups is 1. The van der Waals surface area contributed by atoms with Crippen LogP contribution in [-0.2, 0) is 25.2 Å². The summed E-state index contributed by atoms with van der Waals surface area (Å²) in [5, 5.41) is 46.1. The van der Waals surface area contributed by atoms with Crippen molar-refractivity contribution in [3.05, 3.63) is 111 Å². The molecule has 0 saturated carbocycles. The Bertz CT molecular complexity index is 2140. The van der Waals surface area contributed by atoms with Gasteiger partial charge in [0.2, 0.25) is 0 Å². The highest BCUT2D eigenvalue weighted by molar-refractivity contribution is 7.84. The number of nitrogens with zero attached hydrogens (tertiary/aromatic N) is 3. The molecule has 0 aromatic heterocycles. The number of hydrogen-bond acceptors (Lipinski definition) is 8. The lowest BCUT2D eigenvalue weighted by atomic mass is 9.88. The minimum absolute atomic E-state index is 0. The molecule has 1 aliphatic heterocycles. The molecule has 0 aliphatic carbocycles. The van der Waals surface area contributed by atoms with Gasteiger partial charge in [0, 0.05) is 36.2 Å². The van der Waals surface area contributed by atoms with Crippen LogP contribution in [0.15, 0.2) is 83.8 Å². The fourth-order valence-electron chi connectivity index (χ4n) is 6.90. The number of hydrogen-bond donors (Lipinski definition) is 4. The van der Waals surface area contributed by atoms with Gasteiger partial charge in [0.1, 0.15) is 0 Å².